The van der Waals surface area contributed by atoms with Gasteiger partial charge in [-0.25, -0.2) is 4.98 Å². The summed E-state index contributed by atoms with van der Waals surface area (Å²) in [4.78, 5) is 19.2. The summed E-state index contributed by atoms with van der Waals surface area (Å²) in [5, 5.41) is 6.64. The van der Waals surface area contributed by atoms with Crippen LogP contribution in [0.1, 0.15) is 22.8 Å². The predicted molar refractivity (Wildman–Crippen MR) is 122 cm³/mol. The number of nitrogens with one attached hydrogen (secondary N) is 2. The highest BCUT2D eigenvalue weighted by atomic mass is 32.1. The van der Waals surface area contributed by atoms with Gasteiger partial charge in [0.25, 0.3) is 5.91 Å². The van der Waals surface area contributed by atoms with Gasteiger partial charge in [-0.2, -0.15) is 0 Å². The minimum atomic E-state index is -0.235. The average molecular weight is 427 g/mol. The maximum absolute atomic E-state index is 12.4. The number of carbonyl (C=O) groups is 1. The molecule has 0 radical (unpaired) electrons. The van der Waals surface area contributed by atoms with Crippen LogP contribution in [0.2, 0.25) is 0 Å². The molecule has 3 aromatic rings. The van der Waals surface area contributed by atoms with E-state index in [-0.39, 0.29) is 11.0 Å². The van der Waals surface area contributed by atoms with Crippen molar-refractivity contribution < 1.29 is 9.53 Å². The van der Waals surface area contributed by atoms with Crippen LogP contribution in [-0.2, 0) is 11.2 Å². The summed E-state index contributed by atoms with van der Waals surface area (Å²) >= 11 is 6.81. The second-order valence-corrected chi connectivity index (χ2v) is 8.17. The lowest BCUT2D eigenvalue weighted by atomic mass is 10.1. The molecule has 2 N–H and O–H groups in total. The molecule has 6 nitrogen and oxygen atoms in total. The van der Waals surface area contributed by atoms with Crippen LogP contribution in [0.5, 0.6) is 0 Å². The van der Waals surface area contributed by atoms with Gasteiger partial charge in [0.1, 0.15) is 0 Å². The third kappa shape index (κ3) is 4.72. The van der Waals surface area contributed by atoms with Crippen LogP contribution in [0.25, 0.3) is 10.2 Å². The van der Waals surface area contributed by atoms with Crippen molar-refractivity contribution in [2.24, 2.45) is 0 Å². The highest BCUT2D eigenvalue weighted by Crippen LogP contribution is 2.30. The molecule has 1 aliphatic heterocycles. The molecule has 1 saturated heterocycles. The standard InChI is InChI=1S/C21H22N4O2S2/c1-2-14-3-5-15(6-4-14)19(26)23-20(28)24-21-22-17-8-7-16(13-18(17)29-21)25-9-11-27-12-10-25/h3-8,13H,2,9-12H2,1H3,(H2,22,23,24,26,28). The molecule has 0 unspecified atom stereocenters. The molecule has 2 aromatic carbocycles. The summed E-state index contributed by atoms with van der Waals surface area (Å²) in [6.07, 6.45) is 0.937. The lowest BCUT2D eigenvalue weighted by Gasteiger charge is -2.28. The van der Waals surface area contributed by atoms with Crippen LogP contribution in [0.3, 0.4) is 0 Å². The number of nitrogens with zero attached hydrogens (tertiary/aromatic N) is 2. The lowest BCUT2D eigenvalue weighted by Crippen LogP contribution is -2.36. The monoisotopic (exact) mass is 426 g/mol. The van der Waals surface area contributed by atoms with Gasteiger partial charge < -0.3 is 15.0 Å². The molecule has 150 valence electrons. The molecule has 1 fully saturated rings. The van der Waals surface area contributed by atoms with Gasteiger partial charge >= 0.3 is 0 Å². The Bertz CT molecular complexity index is 1030. The van der Waals surface area contributed by atoms with Gasteiger partial charge in [-0.05, 0) is 54.5 Å². The zero-order chi connectivity index (χ0) is 20.2. The first kappa shape index (κ1) is 19.8. The molecule has 0 saturated carbocycles. The van der Waals surface area contributed by atoms with Gasteiger partial charge in [0.15, 0.2) is 10.2 Å². The number of hydrogen-bond acceptors (Lipinski definition) is 6. The predicted octanol–water partition coefficient (Wildman–Crippen LogP) is 3.82. The fraction of sp³-hybridized carbons (Fsp3) is 0.286. The van der Waals surface area contributed by atoms with E-state index in [9.17, 15) is 4.79 Å². The smallest absolute Gasteiger partial charge is 0.257 e. The molecule has 1 aliphatic rings. The molecule has 4 rings (SSSR count). The zero-order valence-corrected chi connectivity index (χ0v) is 17.7. The van der Waals surface area contributed by atoms with E-state index in [2.05, 4.69) is 39.6 Å². The lowest BCUT2D eigenvalue weighted by molar-refractivity contribution is 0.0977. The van der Waals surface area contributed by atoms with E-state index in [4.69, 9.17) is 17.0 Å². The molecule has 29 heavy (non-hydrogen) atoms. The molecule has 0 spiro atoms. The van der Waals surface area contributed by atoms with Crippen molar-refractivity contribution in [2.45, 2.75) is 13.3 Å². The average Bonchev–Trinajstić information content (AvgIpc) is 3.15. The summed E-state index contributed by atoms with van der Waals surface area (Å²) < 4.78 is 6.49. The molecule has 0 atom stereocenters. The van der Waals surface area contributed by atoms with Crippen LogP contribution in [0.15, 0.2) is 42.5 Å². The van der Waals surface area contributed by atoms with Crippen molar-refractivity contribution in [3.05, 3.63) is 53.6 Å². The largest absolute Gasteiger partial charge is 0.378 e. The number of amides is 1. The second kappa shape index (κ2) is 8.86. The Morgan fingerprint density at radius 1 is 1.21 bits per heavy atom. The number of aryl methyl sites for hydroxylation is 1. The molecule has 8 heteroatoms. The molecule has 0 aliphatic carbocycles. The summed E-state index contributed by atoms with van der Waals surface area (Å²) in [5.41, 5.74) is 3.83. The van der Waals surface area contributed by atoms with Crippen molar-refractivity contribution in [3.63, 3.8) is 0 Å². The van der Waals surface area contributed by atoms with E-state index in [1.165, 1.54) is 22.6 Å². The van der Waals surface area contributed by atoms with Crippen molar-refractivity contribution >= 4 is 55.6 Å². The van der Waals surface area contributed by atoms with E-state index < -0.39 is 0 Å². The van der Waals surface area contributed by atoms with Crippen LogP contribution in [-0.4, -0.2) is 42.3 Å². The Labute approximate surface area is 178 Å². The molecule has 2 heterocycles. The molecule has 0 bridgehead atoms. The number of benzene rings is 2. The van der Waals surface area contributed by atoms with Gasteiger partial charge in [-0.1, -0.05) is 30.4 Å². The SMILES string of the molecule is CCc1ccc(C(=O)NC(=S)Nc2nc3ccc(N4CCOCC4)cc3s2)cc1. The Hall–Kier alpha value is -2.55. The number of morpholine rings is 1. The van der Waals surface area contributed by atoms with Gasteiger partial charge in [0.05, 0.1) is 23.4 Å². The number of aromatic nitrogens is 1. The molecule has 1 amide bonds. The topological polar surface area (TPSA) is 66.5 Å². The minimum absolute atomic E-state index is 0.235. The zero-order valence-electron chi connectivity index (χ0n) is 16.1. The number of hydrogen-bond donors (Lipinski definition) is 2. The number of rotatable bonds is 4. The number of thiazole rings is 1. The van der Waals surface area contributed by atoms with E-state index in [0.29, 0.717) is 10.7 Å². The fourth-order valence-electron chi connectivity index (χ4n) is 3.18. The van der Waals surface area contributed by atoms with Crippen molar-refractivity contribution in [2.75, 3.05) is 36.5 Å². The minimum Gasteiger partial charge on any atom is -0.378 e. The summed E-state index contributed by atoms with van der Waals surface area (Å²) in [6.45, 7) is 5.37. The van der Waals surface area contributed by atoms with Crippen molar-refractivity contribution in [3.8, 4) is 0 Å². The highest BCUT2D eigenvalue weighted by Gasteiger charge is 2.14. The van der Waals surface area contributed by atoms with Gasteiger partial charge in [0.2, 0.25) is 0 Å². The van der Waals surface area contributed by atoms with Crippen LogP contribution < -0.4 is 15.5 Å². The van der Waals surface area contributed by atoms with Gasteiger partial charge in [-0.15, -0.1) is 0 Å². The van der Waals surface area contributed by atoms with Crippen molar-refractivity contribution in [1.29, 1.82) is 0 Å². The van der Waals surface area contributed by atoms with E-state index >= 15 is 0 Å². The van der Waals surface area contributed by atoms with Gasteiger partial charge in [-0.3, -0.25) is 10.1 Å². The number of carbonyl (C=O) groups excluding carboxylic acids is 1. The first-order valence-corrected chi connectivity index (χ1v) is 10.8. The first-order chi connectivity index (χ1) is 14.1. The normalized spacial score (nSPS) is 14.0. The third-order valence-electron chi connectivity index (χ3n) is 4.82. The Morgan fingerprint density at radius 2 is 1.97 bits per heavy atom. The number of thiocarbonyl (C=S) groups is 1. The van der Waals surface area contributed by atoms with E-state index in [1.807, 2.05) is 30.3 Å². The van der Waals surface area contributed by atoms with Gasteiger partial charge in [0, 0.05) is 24.3 Å². The fourth-order valence-corrected chi connectivity index (χ4v) is 4.34. The summed E-state index contributed by atoms with van der Waals surface area (Å²) in [7, 11) is 0. The van der Waals surface area contributed by atoms with E-state index in [1.54, 1.807) is 0 Å². The third-order valence-corrected chi connectivity index (χ3v) is 5.96. The molecular weight excluding hydrogens is 404 g/mol. The summed E-state index contributed by atoms with van der Waals surface area (Å²) in [6, 6.07) is 13.7. The van der Waals surface area contributed by atoms with Crippen LogP contribution >= 0.6 is 23.6 Å². The maximum Gasteiger partial charge on any atom is 0.257 e. The van der Waals surface area contributed by atoms with Crippen LogP contribution in [0, 0.1) is 0 Å². The maximum atomic E-state index is 12.4. The Balaban J connectivity index is 1.41. The molecular formula is C21H22N4O2S2. The molecule has 1 aromatic heterocycles. The summed E-state index contributed by atoms with van der Waals surface area (Å²) in [5.74, 6) is -0.235. The number of ether oxygens (including phenoxy) is 1. The Morgan fingerprint density at radius 3 is 2.69 bits per heavy atom. The first-order valence-electron chi connectivity index (χ1n) is 9.57. The van der Waals surface area contributed by atoms with Crippen molar-refractivity contribution in [1.82, 2.24) is 10.3 Å². The number of anilines is 2. The second-order valence-electron chi connectivity index (χ2n) is 6.73. The number of fused-ring (bicyclic) bond motifs is 1. The quantitative estimate of drug-likeness (QED) is 0.619. The van der Waals surface area contributed by atoms with E-state index in [0.717, 1.165) is 42.9 Å². The highest BCUT2D eigenvalue weighted by molar-refractivity contribution is 7.80. The van der Waals surface area contributed by atoms with Crippen LogP contribution in [0.4, 0.5) is 10.8 Å². The Kier molecular flexibility index (Phi) is 6.03.